The third-order valence-electron chi connectivity index (χ3n) is 3.51. The van der Waals surface area contributed by atoms with Gasteiger partial charge < -0.3 is 4.74 Å². The van der Waals surface area contributed by atoms with Gasteiger partial charge in [-0.25, -0.2) is 9.78 Å². The van der Waals surface area contributed by atoms with Gasteiger partial charge in [-0.1, -0.05) is 43.2 Å². The van der Waals surface area contributed by atoms with Gasteiger partial charge in [-0.15, -0.1) is 0 Å². The molecule has 1 aromatic carbocycles. The largest absolute Gasteiger partial charge is 0.461 e. The van der Waals surface area contributed by atoms with E-state index in [1.807, 2.05) is 62.8 Å². The Kier molecular flexibility index (Phi) is 3.96. The van der Waals surface area contributed by atoms with E-state index in [4.69, 9.17) is 4.74 Å². The number of carbonyl (C=O) groups excluding carboxylic acids is 1. The van der Waals surface area contributed by atoms with Crippen molar-refractivity contribution < 1.29 is 9.53 Å². The van der Waals surface area contributed by atoms with Crippen LogP contribution in [0.3, 0.4) is 0 Å². The lowest BCUT2D eigenvalue weighted by Gasteiger charge is -2.05. The average molecular weight is 291 g/mol. The van der Waals surface area contributed by atoms with Crippen LogP contribution >= 0.6 is 0 Å². The minimum Gasteiger partial charge on any atom is -0.461 e. The topological polar surface area (TPSA) is 43.6 Å². The number of ether oxygens (including phenoxy) is 1. The molecule has 0 aliphatic rings. The Labute approximate surface area is 130 Å². The summed E-state index contributed by atoms with van der Waals surface area (Å²) < 4.78 is 7.02. The Morgan fingerprint density at radius 1 is 1.23 bits per heavy atom. The van der Waals surface area contributed by atoms with E-state index >= 15 is 0 Å². The van der Waals surface area contributed by atoms with Crippen LogP contribution in [0, 0.1) is 0 Å². The highest BCUT2D eigenvalue weighted by molar-refractivity contribution is 6.54. The van der Waals surface area contributed by atoms with Gasteiger partial charge >= 0.3 is 5.97 Å². The molecule has 109 valence electrons. The quantitative estimate of drug-likeness (QED) is 0.548. The SMILES string of the molecule is C[B]c1cccn2c(C(=O)OCC)c(-c3ccccc3)nc12. The molecule has 0 unspecified atom stereocenters. The maximum atomic E-state index is 12.4. The Balaban J connectivity index is 2.30. The first-order chi connectivity index (χ1) is 10.8. The minimum atomic E-state index is -0.359. The highest BCUT2D eigenvalue weighted by Crippen LogP contribution is 2.24. The summed E-state index contributed by atoms with van der Waals surface area (Å²) in [7, 11) is 1.98. The number of fused-ring (bicyclic) bond motifs is 1. The molecule has 0 atom stereocenters. The number of carbonyl (C=O) groups is 1. The van der Waals surface area contributed by atoms with Crippen LogP contribution in [0.4, 0.5) is 0 Å². The van der Waals surface area contributed by atoms with Gasteiger partial charge in [-0.2, -0.15) is 0 Å². The predicted octanol–water partition coefficient (Wildman–Crippen LogP) is 2.56. The summed E-state index contributed by atoms with van der Waals surface area (Å²) in [6.45, 7) is 4.09. The van der Waals surface area contributed by atoms with Crippen molar-refractivity contribution in [2.45, 2.75) is 13.7 Å². The predicted molar refractivity (Wildman–Crippen MR) is 87.8 cm³/mol. The zero-order valence-electron chi connectivity index (χ0n) is 12.6. The van der Waals surface area contributed by atoms with Crippen molar-refractivity contribution >= 4 is 24.4 Å². The highest BCUT2D eigenvalue weighted by Gasteiger charge is 2.22. The van der Waals surface area contributed by atoms with E-state index in [0.717, 1.165) is 16.7 Å². The van der Waals surface area contributed by atoms with Crippen molar-refractivity contribution in [2.24, 2.45) is 0 Å². The molecule has 0 saturated heterocycles. The molecule has 1 radical (unpaired) electrons. The third-order valence-corrected chi connectivity index (χ3v) is 3.51. The number of imidazole rings is 1. The summed E-state index contributed by atoms with van der Waals surface area (Å²) in [5.74, 6) is -0.359. The van der Waals surface area contributed by atoms with E-state index in [9.17, 15) is 4.79 Å². The minimum absolute atomic E-state index is 0.333. The van der Waals surface area contributed by atoms with Crippen molar-refractivity contribution in [3.8, 4) is 11.3 Å². The Bertz CT molecular complexity index is 812. The van der Waals surface area contributed by atoms with Crippen LogP contribution < -0.4 is 5.46 Å². The van der Waals surface area contributed by atoms with Crippen LogP contribution in [0.5, 0.6) is 0 Å². The lowest BCUT2D eigenvalue weighted by atomic mass is 9.74. The number of hydrogen-bond acceptors (Lipinski definition) is 3. The number of aromatic nitrogens is 2. The Morgan fingerprint density at radius 3 is 2.68 bits per heavy atom. The van der Waals surface area contributed by atoms with Crippen molar-refractivity contribution in [2.75, 3.05) is 6.61 Å². The first-order valence-corrected chi connectivity index (χ1v) is 7.29. The molecular formula is C17H16BN2O2. The maximum Gasteiger partial charge on any atom is 0.357 e. The van der Waals surface area contributed by atoms with Gasteiger partial charge in [-0.05, 0) is 18.5 Å². The number of nitrogens with zero attached hydrogens (tertiary/aromatic N) is 2. The molecule has 2 heterocycles. The fraction of sp³-hybridized carbons (Fsp3) is 0.176. The first kappa shape index (κ1) is 14.4. The Hall–Kier alpha value is -2.56. The molecule has 3 aromatic rings. The summed E-state index contributed by atoms with van der Waals surface area (Å²) in [4.78, 5) is 17.1. The number of esters is 1. The summed E-state index contributed by atoms with van der Waals surface area (Å²) in [5, 5.41) is 0. The smallest absolute Gasteiger partial charge is 0.357 e. The number of pyridine rings is 1. The van der Waals surface area contributed by atoms with Crippen LogP contribution in [0.25, 0.3) is 16.9 Å². The zero-order chi connectivity index (χ0) is 15.5. The first-order valence-electron chi connectivity index (χ1n) is 7.29. The molecule has 2 aromatic heterocycles. The summed E-state index contributed by atoms with van der Waals surface area (Å²) in [5.41, 5.74) is 3.75. The monoisotopic (exact) mass is 291 g/mol. The molecule has 0 aliphatic heterocycles. The van der Waals surface area contributed by atoms with E-state index in [1.54, 1.807) is 11.3 Å². The summed E-state index contributed by atoms with van der Waals surface area (Å²) >= 11 is 0. The van der Waals surface area contributed by atoms with Crippen molar-refractivity contribution in [3.05, 3.63) is 54.4 Å². The molecule has 0 fully saturated rings. The summed E-state index contributed by atoms with van der Waals surface area (Å²) in [6.07, 6.45) is 1.84. The standard InChI is InChI=1S/C17H16BN2O2/c1-3-22-17(21)15-14(12-8-5-4-6-9-12)19-16-13(18-2)10-7-11-20(15)16/h4-11H,3H2,1-2H3. The molecule has 3 rings (SSSR count). The molecule has 22 heavy (non-hydrogen) atoms. The maximum absolute atomic E-state index is 12.4. The van der Waals surface area contributed by atoms with Crippen molar-refractivity contribution in [1.82, 2.24) is 9.38 Å². The van der Waals surface area contributed by atoms with Crippen LogP contribution in [-0.2, 0) is 4.74 Å². The molecule has 0 amide bonds. The van der Waals surface area contributed by atoms with Gasteiger partial charge in [-0.3, -0.25) is 4.40 Å². The molecule has 0 aliphatic carbocycles. The van der Waals surface area contributed by atoms with E-state index in [-0.39, 0.29) is 5.97 Å². The second kappa shape index (κ2) is 6.06. The lowest BCUT2D eigenvalue weighted by molar-refractivity contribution is 0.0519. The van der Waals surface area contributed by atoms with Crippen molar-refractivity contribution in [1.29, 1.82) is 0 Å². The second-order valence-corrected chi connectivity index (χ2v) is 4.84. The molecule has 0 spiro atoms. The molecule has 0 saturated carbocycles. The third kappa shape index (κ3) is 2.39. The zero-order valence-corrected chi connectivity index (χ0v) is 12.6. The second-order valence-electron chi connectivity index (χ2n) is 4.84. The number of hydrogen-bond donors (Lipinski definition) is 0. The van der Waals surface area contributed by atoms with Gasteiger partial charge in [0.2, 0.25) is 0 Å². The molecule has 4 nitrogen and oxygen atoms in total. The molecule has 5 heteroatoms. The molecule has 0 bridgehead atoms. The number of rotatable bonds is 4. The van der Waals surface area contributed by atoms with E-state index in [2.05, 4.69) is 4.98 Å². The average Bonchev–Trinajstić information content (AvgIpc) is 2.95. The van der Waals surface area contributed by atoms with Gasteiger partial charge in [0.1, 0.15) is 11.3 Å². The normalized spacial score (nSPS) is 10.6. The van der Waals surface area contributed by atoms with Gasteiger partial charge in [0.25, 0.3) is 0 Å². The lowest BCUT2D eigenvalue weighted by Crippen LogP contribution is -2.16. The number of benzene rings is 1. The van der Waals surface area contributed by atoms with E-state index in [1.165, 1.54) is 0 Å². The fourth-order valence-electron chi connectivity index (χ4n) is 2.51. The Morgan fingerprint density at radius 2 is 2.00 bits per heavy atom. The van der Waals surface area contributed by atoms with Gasteiger partial charge in [0.05, 0.1) is 6.61 Å². The van der Waals surface area contributed by atoms with Gasteiger partial charge in [0, 0.05) is 11.8 Å². The van der Waals surface area contributed by atoms with Crippen LogP contribution in [-0.4, -0.2) is 29.2 Å². The van der Waals surface area contributed by atoms with Crippen molar-refractivity contribution in [3.63, 3.8) is 0 Å². The fourth-order valence-corrected chi connectivity index (χ4v) is 2.51. The van der Waals surface area contributed by atoms with E-state index in [0.29, 0.717) is 18.0 Å². The van der Waals surface area contributed by atoms with Crippen LogP contribution in [0.15, 0.2) is 48.7 Å². The summed E-state index contributed by atoms with van der Waals surface area (Å²) in [6, 6.07) is 13.6. The van der Waals surface area contributed by atoms with Gasteiger partial charge in [0.15, 0.2) is 13.0 Å². The molecule has 0 N–H and O–H groups in total. The highest BCUT2D eigenvalue weighted by atomic mass is 16.5. The van der Waals surface area contributed by atoms with E-state index < -0.39 is 0 Å². The van der Waals surface area contributed by atoms with Crippen LogP contribution in [0.2, 0.25) is 6.82 Å². The molecular weight excluding hydrogens is 275 g/mol. The van der Waals surface area contributed by atoms with Crippen LogP contribution in [0.1, 0.15) is 17.4 Å².